The van der Waals surface area contributed by atoms with Crippen molar-refractivity contribution in [3.8, 4) is 0 Å². The van der Waals surface area contributed by atoms with Crippen LogP contribution in [0.4, 0.5) is 0 Å². The Morgan fingerprint density at radius 2 is 1.18 bits per heavy atom. The number of fused-ring (bicyclic) bond motifs is 5. The molecule has 55 heavy (non-hydrogen) atoms. The zero-order valence-corrected chi connectivity index (χ0v) is 36.5. The first-order chi connectivity index (χ1) is 26.1. The van der Waals surface area contributed by atoms with Crippen LogP contribution in [0, 0.1) is 47.3 Å². The minimum absolute atomic E-state index is 0.00264. The van der Waals surface area contributed by atoms with Crippen molar-refractivity contribution >= 4 is 23.6 Å². The third-order valence-electron chi connectivity index (χ3n) is 12.6. The van der Waals surface area contributed by atoms with E-state index < -0.39 is 5.60 Å². The lowest BCUT2D eigenvalue weighted by Gasteiger charge is -2.37. The number of carbonyl (C=O) groups excluding carboxylic acids is 4. The maximum atomic E-state index is 13.5. The van der Waals surface area contributed by atoms with Crippen LogP contribution in [0.5, 0.6) is 0 Å². The summed E-state index contributed by atoms with van der Waals surface area (Å²) < 4.78 is 11.4. The Labute approximate surface area is 334 Å². The van der Waals surface area contributed by atoms with Crippen LogP contribution in [0.1, 0.15) is 153 Å². The molecule has 8 heteroatoms. The van der Waals surface area contributed by atoms with E-state index in [1.165, 1.54) is 42.7 Å². The SMILES string of the molecule is C1CC1.CC(C)CCc1ccco1.CCC(C)C(C(C)CC)N1C(=O)C2C3C=CC(CCC(C)C)(O3)C2C1=O.CCC(C)C(C(C)CC)N1C(=O)C=CC1=O. The molecule has 8 unspecified atom stereocenters. The third-order valence-corrected chi connectivity index (χ3v) is 12.6. The predicted octanol–water partition coefficient (Wildman–Crippen LogP) is 10.6. The summed E-state index contributed by atoms with van der Waals surface area (Å²) in [4.78, 5) is 53.3. The van der Waals surface area contributed by atoms with E-state index in [1.807, 2.05) is 18.2 Å². The highest BCUT2D eigenvalue weighted by Gasteiger charge is 2.68. The zero-order chi connectivity index (χ0) is 41.0. The van der Waals surface area contributed by atoms with E-state index in [0.717, 1.165) is 56.6 Å². The van der Waals surface area contributed by atoms with Gasteiger partial charge in [-0.15, -0.1) is 0 Å². The number of likely N-dealkylation sites (tertiary alicyclic amines) is 1. The highest BCUT2D eigenvalue weighted by molar-refractivity contribution is 6.13. The molecular weight excluding hydrogens is 689 g/mol. The highest BCUT2D eigenvalue weighted by atomic mass is 16.5. The van der Waals surface area contributed by atoms with Gasteiger partial charge in [-0.1, -0.05) is 140 Å². The predicted molar refractivity (Wildman–Crippen MR) is 222 cm³/mol. The van der Waals surface area contributed by atoms with E-state index in [9.17, 15) is 19.2 Å². The van der Waals surface area contributed by atoms with Gasteiger partial charge in [0.05, 0.1) is 29.8 Å². The van der Waals surface area contributed by atoms with Crippen LogP contribution in [-0.4, -0.2) is 57.2 Å². The lowest BCUT2D eigenvalue weighted by molar-refractivity contribution is -0.150. The first-order valence-corrected chi connectivity index (χ1v) is 21.9. The second kappa shape index (κ2) is 21.5. The maximum Gasteiger partial charge on any atom is 0.253 e. The molecule has 0 spiro atoms. The van der Waals surface area contributed by atoms with Gasteiger partial charge in [0.1, 0.15) is 5.76 Å². The summed E-state index contributed by atoms with van der Waals surface area (Å²) in [6, 6.07) is 4.00. The van der Waals surface area contributed by atoms with Crippen LogP contribution in [0.3, 0.4) is 0 Å². The van der Waals surface area contributed by atoms with Crippen molar-refractivity contribution in [1.29, 1.82) is 0 Å². The fourth-order valence-corrected chi connectivity index (χ4v) is 8.32. The van der Waals surface area contributed by atoms with Gasteiger partial charge in [0.25, 0.3) is 11.8 Å². The standard InChI is InChI=1S/C22H35NO3.C13H21NO2.C9H14O.C3H6/c1-7-14(5)19(15(6)8-2)23-20(24)17-16-10-12-22(26-16,11-9-13(3)4)18(17)21(23)25;1-5-9(3)13(10(4)6-2)14-11(15)7-8-12(14)16;1-8(2)5-6-9-4-3-7-10-9;1-2-3-1/h10,12-19H,7-9,11H2,1-6H3;7-10,13H,5-6H2,1-4H3;3-4,7-8H,5-6H2,1-2H3;1-3H2. The molecular formula is C47H76N2O6. The van der Waals surface area contributed by atoms with E-state index in [1.54, 1.807) is 11.2 Å². The number of ether oxygens (including phenoxy) is 1. The minimum atomic E-state index is -0.559. The molecule has 1 aromatic rings. The van der Waals surface area contributed by atoms with Gasteiger partial charge in [0, 0.05) is 30.7 Å². The van der Waals surface area contributed by atoms with Gasteiger partial charge in [-0.05, 0) is 66.9 Å². The number of rotatable bonds is 16. The molecule has 6 rings (SSSR count). The van der Waals surface area contributed by atoms with E-state index in [2.05, 4.69) is 89.2 Å². The number of nitrogens with zero attached hydrogens (tertiary/aromatic N) is 2. The molecule has 1 aliphatic carbocycles. The zero-order valence-electron chi connectivity index (χ0n) is 36.5. The van der Waals surface area contributed by atoms with Crippen molar-refractivity contribution < 1.29 is 28.3 Å². The fourth-order valence-electron chi connectivity index (χ4n) is 8.32. The summed E-state index contributed by atoms with van der Waals surface area (Å²) in [6.07, 6.45) is 20.9. The average Bonchev–Trinajstić information content (AvgIpc) is 3.46. The van der Waals surface area contributed by atoms with Crippen LogP contribution in [-0.2, 0) is 30.3 Å². The number of furan rings is 1. The van der Waals surface area contributed by atoms with Crippen molar-refractivity contribution in [2.24, 2.45) is 47.3 Å². The molecule has 310 valence electrons. The van der Waals surface area contributed by atoms with Crippen molar-refractivity contribution in [3.05, 3.63) is 48.5 Å². The summed E-state index contributed by atoms with van der Waals surface area (Å²) in [7, 11) is 0. The summed E-state index contributed by atoms with van der Waals surface area (Å²) in [5.41, 5.74) is -0.559. The van der Waals surface area contributed by atoms with Crippen molar-refractivity contribution in [2.45, 2.75) is 178 Å². The Morgan fingerprint density at radius 3 is 1.60 bits per heavy atom. The molecule has 1 aromatic heterocycles. The summed E-state index contributed by atoms with van der Waals surface area (Å²) >= 11 is 0. The summed E-state index contributed by atoms with van der Waals surface area (Å²) in [6.45, 7) is 25.9. The molecule has 4 aliphatic heterocycles. The van der Waals surface area contributed by atoms with E-state index >= 15 is 0 Å². The second-order valence-corrected chi connectivity index (χ2v) is 17.9. The number of aryl methyl sites for hydroxylation is 1. The number of hydrogen-bond donors (Lipinski definition) is 0. The van der Waals surface area contributed by atoms with Gasteiger partial charge >= 0.3 is 0 Å². The Kier molecular flexibility index (Phi) is 18.1. The van der Waals surface area contributed by atoms with Gasteiger partial charge in [-0.3, -0.25) is 29.0 Å². The van der Waals surface area contributed by atoms with Crippen molar-refractivity contribution in [1.82, 2.24) is 9.80 Å². The molecule has 4 amide bonds. The Bertz CT molecular complexity index is 1390. The number of carbonyl (C=O) groups is 4. The average molecular weight is 765 g/mol. The quantitative estimate of drug-likeness (QED) is 0.123. The van der Waals surface area contributed by atoms with E-state index in [0.29, 0.717) is 29.6 Å². The molecule has 1 saturated carbocycles. The molecule has 2 bridgehead atoms. The number of imide groups is 2. The maximum absolute atomic E-state index is 13.5. The van der Waals surface area contributed by atoms with Crippen LogP contribution in [0.25, 0.3) is 0 Å². The molecule has 0 N–H and O–H groups in total. The molecule has 3 fully saturated rings. The second-order valence-electron chi connectivity index (χ2n) is 17.9. The Hall–Kier alpha value is -3.00. The number of amides is 4. The first kappa shape index (κ1) is 46.4. The minimum Gasteiger partial charge on any atom is -0.469 e. The molecule has 5 aliphatic rings. The Morgan fingerprint density at radius 1 is 0.691 bits per heavy atom. The fraction of sp³-hybridized carbons (Fsp3) is 0.745. The van der Waals surface area contributed by atoms with Gasteiger partial charge in [0.15, 0.2) is 0 Å². The van der Waals surface area contributed by atoms with Gasteiger partial charge < -0.3 is 9.15 Å². The monoisotopic (exact) mass is 765 g/mol. The van der Waals surface area contributed by atoms with Crippen LogP contribution < -0.4 is 0 Å². The van der Waals surface area contributed by atoms with Gasteiger partial charge in [-0.2, -0.15) is 0 Å². The molecule has 0 radical (unpaired) electrons. The summed E-state index contributed by atoms with van der Waals surface area (Å²) in [5, 5.41) is 0. The van der Waals surface area contributed by atoms with Gasteiger partial charge in [-0.25, -0.2) is 0 Å². The first-order valence-electron chi connectivity index (χ1n) is 21.9. The highest BCUT2D eigenvalue weighted by Crippen LogP contribution is 2.55. The molecule has 8 nitrogen and oxygen atoms in total. The van der Waals surface area contributed by atoms with Crippen LogP contribution in [0.15, 0.2) is 47.1 Å². The normalized spacial score (nSPS) is 26.5. The molecule has 2 saturated heterocycles. The number of hydrogen-bond acceptors (Lipinski definition) is 6. The lowest BCUT2D eigenvalue weighted by Crippen LogP contribution is -2.50. The summed E-state index contributed by atoms with van der Waals surface area (Å²) in [5.74, 6) is 2.83. The van der Waals surface area contributed by atoms with Gasteiger partial charge in [0.2, 0.25) is 11.8 Å². The third kappa shape index (κ3) is 11.8. The lowest BCUT2D eigenvalue weighted by atomic mass is 9.74. The van der Waals surface area contributed by atoms with Crippen molar-refractivity contribution in [2.75, 3.05) is 0 Å². The molecule has 8 atom stereocenters. The smallest absolute Gasteiger partial charge is 0.253 e. The van der Waals surface area contributed by atoms with E-state index in [-0.39, 0.29) is 53.7 Å². The van der Waals surface area contributed by atoms with Crippen molar-refractivity contribution in [3.63, 3.8) is 0 Å². The van der Waals surface area contributed by atoms with E-state index in [4.69, 9.17) is 9.15 Å². The molecule has 0 aromatic carbocycles. The topological polar surface area (TPSA) is 97.1 Å². The molecule has 5 heterocycles. The van der Waals surface area contributed by atoms with Crippen LogP contribution in [0.2, 0.25) is 0 Å². The largest absolute Gasteiger partial charge is 0.469 e. The van der Waals surface area contributed by atoms with Crippen LogP contribution >= 0.6 is 0 Å². The Balaban J connectivity index is 0.000000236.